The molecule has 0 radical (unpaired) electrons. The summed E-state index contributed by atoms with van der Waals surface area (Å²) < 4.78 is 5.23. The Morgan fingerprint density at radius 1 is 0.943 bits per heavy atom. The van der Waals surface area contributed by atoms with Gasteiger partial charge in [0.2, 0.25) is 0 Å². The fourth-order valence-corrected chi connectivity index (χ4v) is 4.93. The predicted octanol–water partition coefficient (Wildman–Crippen LogP) is 3.20. The van der Waals surface area contributed by atoms with E-state index >= 15 is 0 Å². The topological polar surface area (TPSA) is 109 Å². The van der Waals surface area contributed by atoms with Gasteiger partial charge >= 0.3 is 5.97 Å². The smallest absolute Gasteiger partial charge is 0.318 e. The standard InChI is InChI=1S/C26H26N4O5/c1-5-35-24(33)22(17(3)31)26(18(4)28-30(25(26)34)20-14-10-7-11-15-20)21-16(2)27-29(23(21)32)19-12-8-6-9-13-19/h6-15,21-22H,5H2,1-4H3/t21-,22-,26+/m0/s1. The minimum Gasteiger partial charge on any atom is -0.465 e. The largest absolute Gasteiger partial charge is 0.465 e. The zero-order chi connectivity index (χ0) is 25.3. The second kappa shape index (κ2) is 9.25. The van der Waals surface area contributed by atoms with Gasteiger partial charge in [0.15, 0.2) is 0 Å². The van der Waals surface area contributed by atoms with Crippen molar-refractivity contribution >= 4 is 46.4 Å². The van der Waals surface area contributed by atoms with Crippen molar-refractivity contribution in [2.24, 2.45) is 27.5 Å². The molecule has 0 fully saturated rings. The number of anilines is 2. The number of para-hydroxylation sites is 2. The van der Waals surface area contributed by atoms with E-state index in [9.17, 15) is 19.2 Å². The molecule has 0 saturated heterocycles. The molecule has 0 unspecified atom stereocenters. The molecule has 9 nitrogen and oxygen atoms in total. The number of nitrogens with zero attached hydrogens (tertiary/aromatic N) is 4. The average molecular weight is 475 g/mol. The number of carbonyl (C=O) groups excluding carboxylic acids is 4. The lowest BCUT2D eigenvalue weighted by molar-refractivity contribution is -0.159. The number of ketones is 1. The second-order valence-corrected chi connectivity index (χ2v) is 8.46. The summed E-state index contributed by atoms with van der Waals surface area (Å²) in [6.07, 6.45) is 0. The van der Waals surface area contributed by atoms with Gasteiger partial charge in [0, 0.05) is 5.71 Å². The summed E-state index contributed by atoms with van der Waals surface area (Å²) in [4.78, 5) is 54.3. The third-order valence-electron chi connectivity index (χ3n) is 6.37. The van der Waals surface area contributed by atoms with Crippen LogP contribution in [0.3, 0.4) is 0 Å². The van der Waals surface area contributed by atoms with Crippen LogP contribution < -0.4 is 10.0 Å². The normalized spacial score (nSPS) is 22.7. The summed E-state index contributed by atoms with van der Waals surface area (Å²) in [6.45, 7) is 6.01. The highest BCUT2D eigenvalue weighted by Crippen LogP contribution is 2.49. The Morgan fingerprint density at radius 2 is 1.49 bits per heavy atom. The van der Waals surface area contributed by atoms with Crippen molar-refractivity contribution in [3.63, 3.8) is 0 Å². The number of hydrazone groups is 2. The summed E-state index contributed by atoms with van der Waals surface area (Å²) >= 11 is 0. The second-order valence-electron chi connectivity index (χ2n) is 8.46. The van der Waals surface area contributed by atoms with E-state index in [4.69, 9.17) is 4.74 Å². The lowest BCUT2D eigenvalue weighted by Crippen LogP contribution is -2.59. The molecule has 2 aliphatic rings. The number of Topliss-reactive ketones (excluding diaryl/α,β-unsaturated/α-hetero) is 1. The van der Waals surface area contributed by atoms with E-state index in [1.165, 1.54) is 11.9 Å². The van der Waals surface area contributed by atoms with Crippen LogP contribution in [0.2, 0.25) is 0 Å². The maximum absolute atomic E-state index is 14.2. The number of amides is 2. The lowest BCUT2D eigenvalue weighted by atomic mass is 9.60. The summed E-state index contributed by atoms with van der Waals surface area (Å²) in [6, 6.07) is 17.4. The highest BCUT2D eigenvalue weighted by Gasteiger charge is 2.68. The van der Waals surface area contributed by atoms with E-state index in [0.717, 1.165) is 5.01 Å². The third-order valence-corrected chi connectivity index (χ3v) is 6.37. The Labute approximate surface area is 203 Å². The molecule has 4 rings (SSSR count). The minimum atomic E-state index is -1.93. The molecule has 0 saturated carbocycles. The molecule has 2 aliphatic heterocycles. The molecule has 0 aliphatic carbocycles. The van der Waals surface area contributed by atoms with Crippen molar-refractivity contribution < 1.29 is 23.9 Å². The monoisotopic (exact) mass is 474 g/mol. The minimum absolute atomic E-state index is 0.00724. The van der Waals surface area contributed by atoms with Gasteiger partial charge in [0.05, 0.1) is 23.7 Å². The van der Waals surface area contributed by atoms with Crippen LogP contribution in [0.25, 0.3) is 0 Å². The van der Waals surface area contributed by atoms with E-state index < -0.39 is 40.8 Å². The number of esters is 1. The lowest BCUT2D eigenvalue weighted by Gasteiger charge is -2.37. The number of carbonyl (C=O) groups is 4. The maximum atomic E-state index is 14.2. The predicted molar refractivity (Wildman–Crippen MR) is 131 cm³/mol. The molecule has 2 heterocycles. The SMILES string of the molecule is CCOC(=O)[C@H](C(C)=O)[C@@]1([C@@H]2C(=O)N(c3ccccc3)N=C2C)C(=O)N(c2ccccc2)N=C1C. The van der Waals surface area contributed by atoms with Crippen LogP contribution >= 0.6 is 0 Å². The highest BCUT2D eigenvalue weighted by atomic mass is 16.5. The van der Waals surface area contributed by atoms with Crippen LogP contribution in [-0.2, 0) is 23.9 Å². The molecule has 9 heteroatoms. The van der Waals surface area contributed by atoms with E-state index in [-0.39, 0.29) is 12.3 Å². The zero-order valence-electron chi connectivity index (χ0n) is 20.0. The van der Waals surface area contributed by atoms with Gasteiger partial charge in [0.1, 0.15) is 23.0 Å². The zero-order valence-corrected chi connectivity index (χ0v) is 20.0. The van der Waals surface area contributed by atoms with Crippen LogP contribution in [-0.4, -0.2) is 41.6 Å². The van der Waals surface area contributed by atoms with Crippen molar-refractivity contribution in [2.75, 3.05) is 16.6 Å². The number of hydrogen-bond donors (Lipinski definition) is 0. The third kappa shape index (κ3) is 3.73. The highest BCUT2D eigenvalue weighted by molar-refractivity contribution is 6.31. The number of ether oxygens (including phenoxy) is 1. The summed E-state index contributed by atoms with van der Waals surface area (Å²) in [5.74, 6) is -5.47. The molecule has 0 bridgehead atoms. The summed E-state index contributed by atoms with van der Waals surface area (Å²) in [5.41, 5.74) is -0.508. The molecule has 0 spiro atoms. The van der Waals surface area contributed by atoms with Crippen LogP contribution in [0.1, 0.15) is 27.7 Å². The Morgan fingerprint density at radius 3 is 2.00 bits per heavy atom. The van der Waals surface area contributed by atoms with E-state index in [1.807, 2.05) is 0 Å². The first-order valence-corrected chi connectivity index (χ1v) is 11.3. The molecule has 35 heavy (non-hydrogen) atoms. The van der Waals surface area contributed by atoms with Crippen LogP contribution in [0.5, 0.6) is 0 Å². The van der Waals surface area contributed by atoms with Gasteiger partial charge in [-0.15, -0.1) is 0 Å². The Kier molecular flexibility index (Phi) is 6.34. The van der Waals surface area contributed by atoms with Gasteiger partial charge in [0.25, 0.3) is 11.8 Å². The van der Waals surface area contributed by atoms with E-state index in [2.05, 4.69) is 10.2 Å². The molecular weight excluding hydrogens is 448 g/mol. The fraction of sp³-hybridized carbons (Fsp3) is 0.308. The molecule has 2 aromatic carbocycles. The van der Waals surface area contributed by atoms with Crippen molar-refractivity contribution in [3.8, 4) is 0 Å². The number of benzene rings is 2. The molecule has 2 amide bonds. The quantitative estimate of drug-likeness (QED) is 0.452. The Bertz CT molecular complexity index is 1240. The number of hydrogen-bond acceptors (Lipinski definition) is 7. The average Bonchev–Trinajstić information content (AvgIpc) is 3.28. The van der Waals surface area contributed by atoms with Gasteiger partial charge in [-0.25, -0.2) is 5.01 Å². The molecule has 2 aromatic rings. The maximum Gasteiger partial charge on any atom is 0.318 e. The molecule has 180 valence electrons. The van der Waals surface area contributed by atoms with Gasteiger partial charge < -0.3 is 4.74 Å². The van der Waals surface area contributed by atoms with E-state index in [1.54, 1.807) is 81.4 Å². The van der Waals surface area contributed by atoms with Crippen molar-refractivity contribution in [3.05, 3.63) is 60.7 Å². The Hall–Kier alpha value is -4.14. The molecule has 3 atom stereocenters. The first-order valence-electron chi connectivity index (χ1n) is 11.3. The van der Waals surface area contributed by atoms with Gasteiger partial charge in [-0.1, -0.05) is 36.4 Å². The van der Waals surface area contributed by atoms with Crippen LogP contribution in [0.15, 0.2) is 70.9 Å². The first kappa shape index (κ1) is 24.0. The summed E-state index contributed by atoms with van der Waals surface area (Å²) in [5, 5.41) is 11.3. The molecule has 0 aromatic heterocycles. The van der Waals surface area contributed by atoms with Gasteiger partial charge in [-0.2, -0.15) is 15.2 Å². The molecular formula is C26H26N4O5. The van der Waals surface area contributed by atoms with Crippen molar-refractivity contribution in [1.82, 2.24) is 0 Å². The summed E-state index contributed by atoms with van der Waals surface area (Å²) in [7, 11) is 0. The van der Waals surface area contributed by atoms with E-state index in [0.29, 0.717) is 17.1 Å². The van der Waals surface area contributed by atoms with Crippen molar-refractivity contribution in [2.45, 2.75) is 27.7 Å². The number of rotatable bonds is 7. The fourth-order valence-electron chi connectivity index (χ4n) is 4.93. The first-order chi connectivity index (χ1) is 16.7. The Balaban J connectivity index is 1.92. The van der Waals surface area contributed by atoms with Crippen molar-refractivity contribution in [1.29, 1.82) is 0 Å². The van der Waals surface area contributed by atoms with Gasteiger partial charge in [-0.3, -0.25) is 19.2 Å². The molecule has 0 N–H and O–H groups in total. The van der Waals surface area contributed by atoms with Gasteiger partial charge in [-0.05, 0) is 52.0 Å². The van der Waals surface area contributed by atoms with Crippen LogP contribution in [0, 0.1) is 17.3 Å². The van der Waals surface area contributed by atoms with Crippen LogP contribution in [0.4, 0.5) is 11.4 Å².